The van der Waals surface area contributed by atoms with Crippen LogP contribution in [0, 0.1) is 5.92 Å². The first-order valence-electron chi connectivity index (χ1n) is 14.2. The van der Waals surface area contributed by atoms with E-state index in [9.17, 15) is 53.3 Å². The van der Waals surface area contributed by atoms with E-state index in [0.29, 0.717) is 5.56 Å². The van der Waals surface area contributed by atoms with Crippen LogP contribution in [0.15, 0.2) is 30.3 Å². The van der Waals surface area contributed by atoms with E-state index in [1.54, 1.807) is 44.2 Å². The SMILES string of the molecule is CC(C)CC(N)C(=O)NC(CCC(=O)O)C(=O)NC(C(=O)N(C(=O)OCc1ccccc1)C(CC(=O)O)C(=O)O)C(C)O.O=CCF. The second-order valence-corrected chi connectivity index (χ2v) is 10.5. The number of aliphatic carboxylic acids is 3. The fourth-order valence-electron chi connectivity index (χ4n) is 3.84. The summed E-state index contributed by atoms with van der Waals surface area (Å²) in [5.41, 5.74) is 6.30. The van der Waals surface area contributed by atoms with Gasteiger partial charge in [0.15, 0.2) is 12.3 Å². The highest BCUT2D eigenvalue weighted by Crippen LogP contribution is 2.15. The van der Waals surface area contributed by atoms with Crippen molar-refractivity contribution < 1.29 is 67.9 Å². The van der Waals surface area contributed by atoms with Gasteiger partial charge in [0.2, 0.25) is 11.8 Å². The first-order chi connectivity index (χ1) is 22.0. The van der Waals surface area contributed by atoms with Crippen molar-refractivity contribution in [3.8, 4) is 0 Å². The van der Waals surface area contributed by atoms with E-state index in [4.69, 9.17) is 20.4 Å². The first-order valence-corrected chi connectivity index (χ1v) is 14.2. The Kier molecular flexibility index (Phi) is 19.4. The van der Waals surface area contributed by atoms with E-state index in [1.807, 2.05) is 0 Å². The molecule has 5 atom stereocenters. The Balaban J connectivity index is 0.00000498. The Hall–Kier alpha value is -4.97. The Bertz CT molecular complexity index is 1230. The molecule has 0 aromatic heterocycles. The monoisotopic (exact) mass is 672 g/mol. The van der Waals surface area contributed by atoms with Gasteiger partial charge in [0.25, 0.3) is 5.91 Å². The number of benzene rings is 1. The third-order valence-electron chi connectivity index (χ3n) is 6.06. The van der Waals surface area contributed by atoms with Gasteiger partial charge in [-0.3, -0.25) is 24.0 Å². The molecule has 1 aromatic carbocycles. The molecule has 0 bridgehead atoms. The molecule has 0 spiro atoms. The second-order valence-electron chi connectivity index (χ2n) is 10.5. The van der Waals surface area contributed by atoms with Crippen molar-refractivity contribution in [2.24, 2.45) is 11.7 Å². The summed E-state index contributed by atoms with van der Waals surface area (Å²) in [6.45, 7) is 3.32. The summed E-state index contributed by atoms with van der Waals surface area (Å²) in [6.07, 6.45) is -5.22. The lowest BCUT2D eigenvalue weighted by Crippen LogP contribution is -2.62. The maximum Gasteiger partial charge on any atom is 0.417 e. The fraction of sp³-hybridized carbons (Fsp3) is 0.517. The molecule has 0 fully saturated rings. The van der Waals surface area contributed by atoms with E-state index in [0.717, 1.165) is 6.92 Å². The molecule has 47 heavy (non-hydrogen) atoms. The molecule has 0 saturated heterocycles. The Morgan fingerprint density at radius 1 is 0.957 bits per heavy atom. The maximum absolute atomic E-state index is 13.5. The van der Waals surface area contributed by atoms with E-state index in [-0.39, 0.29) is 23.5 Å². The van der Waals surface area contributed by atoms with Crippen LogP contribution in [0.5, 0.6) is 0 Å². The predicted octanol–water partition coefficient (Wildman–Crippen LogP) is -0.177. The third kappa shape index (κ3) is 16.2. The van der Waals surface area contributed by atoms with E-state index >= 15 is 0 Å². The fourth-order valence-corrected chi connectivity index (χ4v) is 3.84. The van der Waals surface area contributed by atoms with Crippen LogP contribution in [0.4, 0.5) is 9.18 Å². The summed E-state index contributed by atoms with van der Waals surface area (Å²) in [5, 5.41) is 42.8. The minimum Gasteiger partial charge on any atom is -0.481 e. The van der Waals surface area contributed by atoms with Crippen molar-refractivity contribution in [2.45, 2.75) is 83.3 Å². The smallest absolute Gasteiger partial charge is 0.417 e. The topological polar surface area (TPSA) is 280 Å². The number of carbonyl (C=O) groups is 8. The van der Waals surface area contributed by atoms with E-state index in [2.05, 4.69) is 10.6 Å². The molecule has 262 valence electrons. The number of imide groups is 1. The summed E-state index contributed by atoms with van der Waals surface area (Å²) < 4.78 is 15.4. The maximum atomic E-state index is 13.5. The van der Waals surface area contributed by atoms with E-state index < -0.39 is 105 Å². The van der Waals surface area contributed by atoms with Crippen LogP contribution in [-0.2, 0) is 44.9 Å². The molecule has 1 rings (SSSR count). The van der Waals surface area contributed by atoms with Gasteiger partial charge in [-0.15, -0.1) is 0 Å². The highest BCUT2D eigenvalue weighted by Gasteiger charge is 2.43. The zero-order valence-corrected chi connectivity index (χ0v) is 26.0. The summed E-state index contributed by atoms with van der Waals surface area (Å²) >= 11 is 0. The number of aldehydes is 1. The second kappa shape index (κ2) is 21.7. The molecule has 0 radical (unpaired) electrons. The number of aliphatic hydroxyl groups excluding tert-OH is 1. The minimum absolute atomic E-state index is 0.00454. The van der Waals surface area contributed by atoms with Crippen molar-refractivity contribution in [1.29, 1.82) is 0 Å². The van der Waals surface area contributed by atoms with Gasteiger partial charge in [0.1, 0.15) is 25.4 Å². The number of rotatable bonds is 18. The summed E-state index contributed by atoms with van der Waals surface area (Å²) in [5.74, 6) is -8.38. The van der Waals surface area contributed by atoms with Crippen LogP contribution in [-0.4, -0.2) is 110 Å². The number of carbonyl (C=O) groups excluding carboxylic acids is 5. The van der Waals surface area contributed by atoms with Crippen LogP contribution in [0.3, 0.4) is 0 Å². The van der Waals surface area contributed by atoms with Gasteiger partial charge in [-0.05, 0) is 31.2 Å². The number of halogens is 1. The molecule has 0 aliphatic heterocycles. The standard InChI is InChI=1S/C27H38N4O12.C2H3FO/c1-14(2)11-17(28)23(37)29-18(9-10-20(33)34)24(38)30-22(15(3)32)25(39)31(19(26(40)41)12-21(35)36)27(42)43-13-16-7-5-4-6-8-16;3-1-2-4/h4-8,14-15,17-19,22,32H,9-13,28H2,1-3H3,(H,29,37)(H,30,38)(H,33,34)(H,35,36)(H,40,41);2H,1H2. The number of hydrogen-bond acceptors (Lipinski definition) is 11. The number of carboxylic acids is 3. The highest BCUT2D eigenvalue weighted by molar-refractivity contribution is 6.02. The summed E-state index contributed by atoms with van der Waals surface area (Å²) in [6, 6.07) is 1.04. The number of amides is 4. The van der Waals surface area contributed by atoms with Crippen LogP contribution < -0.4 is 16.4 Å². The molecule has 8 N–H and O–H groups in total. The van der Waals surface area contributed by atoms with Gasteiger partial charge in [0.05, 0.1) is 18.6 Å². The first kappa shape index (κ1) is 42.0. The van der Waals surface area contributed by atoms with Crippen molar-refractivity contribution in [3.05, 3.63) is 35.9 Å². The molecular formula is C29H41FN4O13. The molecular weight excluding hydrogens is 631 g/mol. The number of nitrogens with one attached hydrogen (secondary N) is 2. The molecule has 17 nitrogen and oxygen atoms in total. The molecule has 18 heteroatoms. The number of hydrogen-bond donors (Lipinski definition) is 7. The quantitative estimate of drug-likeness (QED) is 0.0997. The predicted molar refractivity (Wildman–Crippen MR) is 159 cm³/mol. The molecule has 0 aliphatic carbocycles. The largest absolute Gasteiger partial charge is 0.481 e. The van der Waals surface area contributed by atoms with Gasteiger partial charge >= 0.3 is 24.0 Å². The van der Waals surface area contributed by atoms with Crippen LogP contribution in [0.25, 0.3) is 0 Å². The minimum atomic E-state index is -2.30. The Morgan fingerprint density at radius 3 is 1.98 bits per heavy atom. The number of nitrogens with two attached hydrogens (primary N) is 1. The molecule has 1 aromatic rings. The van der Waals surface area contributed by atoms with Crippen molar-refractivity contribution in [2.75, 3.05) is 6.67 Å². The molecule has 5 unspecified atom stereocenters. The number of aliphatic hydroxyl groups is 1. The van der Waals surface area contributed by atoms with Gasteiger partial charge < -0.3 is 46.3 Å². The van der Waals surface area contributed by atoms with Gasteiger partial charge in [0, 0.05) is 6.42 Å². The highest BCUT2D eigenvalue weighted by atomic mass is 19.1. The third-order valence-corrected chi connectivity index (χ3v) is 6.06. The van der Waals surface area contributed by atoms with Crippen molar-refractivity contribution in [3.63, 3.8) is 0 Å². The summed E-state index contributed by atoms with van der Waals surface area (Å²) in [7, 11) is 0. The lowest BCUT2D eigenvalue weighted by atomic mass is 10.0. The van der Waals surface area contributed by atoms with Crippen LogP contribution in [0.2, 0.25) is 0 Å². The lowest BCUT2D eigenvalue weighted by molar-refractivity contribution is -0.155. The van der Waals surface area contributed by atoms with Crippen molar-refractivity contribution in [1.82, 2.24) is 15.5 Å². The Morgan fingerprint density at radius 2 is 1.53 bits per heavy atom. The van der Waals surface area contributed by atoms with E-state index in [1.165, 1.54) is 0 Å². The average Bonchev–Trinajstić information content (AvgIpc) is 2.99. The van der Waals surface area contributed by atoms with Gasteiger partial charge in [-0.2, -0.15) is 0 Å². The van der Waals surface area contributed by atoms with Gasteiger partial charge in [-0.25, -0.2) is 18.9 Å². The number of carboxylic acid groups (broad SMARTS) is 3. The number of nitrogens with zero attached hydrogens (tertiary/aromatic N) is 1. The number of ether oxygens (including phenoxy) is 1. The molecule has 0 aliphatic rings. The zero-order valence-electron chi connectivity index (χ0n) is 26.0. The Labute approximate surface area is 269 Å². The summed E-state index contributed by atoms with van der Waals surface area (Å²) in [4.78, 5) is 95.6. The lowest BCUT2D eigenvalue weighted by Gasteiger charge is -2.31. The molecule has 0 saturated carbocycles. The number of alkyl halides is 1. The molecule has 4 amide bonds. The average molecular weight is 673 g/mol. The van der Waals surface area contributed by atoms with Crippen LogP contribution in [0.1, 0.15) is 52.0 Å². The van der Waals surface area contributed by atoms with Gasteiger partial charge in [-0.1, -0.05) is 44.2 Å². The van der Waals surface area contributed by atoms with Crippen molar-refractivity contribution >= 4 is 48.0 Å². The normalized spacial score (nSPS) is 13.7. The zero-order chi connectivity index (χ0) is 36.3. The van der Waals surface area contributed by atoms with Crippen LogP contribution >= 0.6 is 0 Å². The molecule has 0 heterocycles.